The second-order valence-electron chi connectivity index (χ2n) is 6.40. The number of hydrogen-bond acceptors (Lipinski definition) is 3. The van der Waals surface area contributed by atoms with Gasteiger partial charge in [-0.2, -0.15) is 0 Å². The molecular weight excluding hydrogens is 272 g/mol. The van der Waals surface area contributed by atoms with Crippen molar-refractivity contribution in [3.05, 3.63) is 24.3 Å². The van der Waals surface area contributed by atoms with Crippen LogP contribution in [0.3, 0.4) is 0 Å². The molecule has 0 unspecified atom stereocenters. The predicted octanol–water partition coefficient (Wildman–Crippen LogP) is 3.37. The van der Waals surface area contributed by atoms with E-state index in [0.717, 1.165) is 38.2 Å². The van der Waals surface area contributed by atoms with Gasteiger partial charge in [-0.1, -0.05) is 38.3 Å². The minimum Gasteiger partial charge on any atom is -0.340 e. The van der Waals surface area contributed by atoms with E-state index in [4.69, 9.17) is 4.98 Å². The lowest BCUT2D eigenvalue weighted by Crippen LogP contribution is -2.45. The largest absolute Gasteiger partial charge is 0.340 e. The Hall–Kier alpha value is -1.55. The van der Waals surface area contributed by atoms with E-state index in [1.54, 1.807) is 0 Å². The molecule has 4 heteroatoms. The quantitative estimate of drug-likeness (QED) is 0.765. The van der Waals surface area contributed by atoms with Crippen LogP contribution >= 0.6 is 0 Å². The SMILES string of the molecule is CCCCCCn1c(N2CCN(C)CC2)nc2ccccc21. The number of aromatic nitrogens is 2. The standard InChI is InChI=1S/C18H28N4/c1-3-4-5-8-11-22-17-10-7-6-9-16(17)19-18(22)21-14-12-20(2)13-15-21/h6-7,9-10H,3-5,8,11-15H2,1-2H3. The number of aryl methyl sites for hydroxylation is 1. The fraction of sp³-hybridized carbons (Fsp3) is 0.611. The molecule has 1 aromatic heterocycles. The summed E-state index contributed by atoms with van der Waals surface area (Å²) in [5.41, 5.74) is 2.42. The number of imidazole rings is 1. The monoisotopic (exact) mass is 300 g/mol. The molecule has 1 aliphatic rings. The van der Waals surface area contributed by atoms with Crippen LogP contribution in [0.25, 0.3) is 11.0 Å². The molecule has 4 nitrogen and oxygen atoms in total. The highest BCUT2D eigenvalue weighted by atomic mass is 15.3. The second-order valence-corrected chi connectivity index (χ2v) is 6.40. The summed E-state index contributed by atoms with van der Waals surface area (Å²) in [5, 5.41) is 0. The Balaban J connectivity index is 1.84. The molecule has 0 amide bonds. The van der Waals surface area contributed by atoms with E-state index in [2.05, 4.69) is 52.6 Å². The number of nitrogens with zero attached hydrogens (tertiary/aromatic N) is 4. The molecule has 1 aromatic carbocycles. The zero-order chi connectivity index (χ0) is 15.4. The maximum atomic E-state index is 4.93. The molecule has 0 atom stereocenters. The summed E-state index contributed by atoms with van der Waals surface area (Å²) in [5.74, 6) is 1.17. The molecular formula is C18H28N4. The first kappa shape index (κ1) is 15.3. The van der Waals surface area contributed by atoms with Crippen molar-refractivity contribution in [3.8, 4) is 0 Å². The van der Waals surface area contributed by atoms with Gasteiger partial charge in [0.05, 0.1) is 11.0 Å². The summed E-state index contributed by atoms with van der Waals surface area (Å²) in [6.07, 6.45) is 5.17. The molecule has 1 saturated heterocycles. The molecule has 3 rings (SSSR count). The summed E-state index contributed by atoms with van der Waals surface area (Å²) < 4.78 is 2.44. The summed E-state index contributed by atoms with van der Waals surface area (Å²) in [6, 6.07) is 8.56. The molecule has 22 heavy (non-hydrogen) atoms. The Morgan fingerprint density at radius 1 is 1.00 bits per heavy atom. The number of anilines is 1. The Kier molecular flexibility index (Phi) is 4.98. The molecule has 0 radical (unpaired) electrons. The first-order chi connectivity index (χ1) is 10.8. The lowest BCUT2D eigenvalue weighted by molar-refractivity contribution is 0.310. The first-order valence-electron chi connectivity index (χ1n) is 8.68. The van der Waals surface area contributed by atoms with Gasteiger partial charge in [0, 0.05) is 32.7 Å². The van der Waals surface area contributed by atoms with Crippen molar-refractivity contribution >= 4 is 17.0 Å². The Labute approximate surface area is 133 Å². The minimum absolute atomic E-state index is 1.08. The van der Waals surface area contributed by atoms with E-state index in [1.807, 2.05) is 0 Å². The van der Waals surface area contributed by atoms with E-state index < -0.39 is 0 Å². The Morgan fingerprint density at radius 3 is 2.55 bits per heavy atom. The van der Waals surface area contributed by atoms with Gasteiger partial charge in [-0.3, -0.25) is 0 Å². The number of para-hydroxylation sites is 2. The average Bonchev–Trinajstić information content (AvgIpc) is 2.91. The van der Waals surface area contributed by atoms with E-state index >= 15 is 0 Å². The number of likely N-dealkylation sites (N-methyl/N-ethyl adjacent to an activating group) is 1. The van der Waals surface area contributed by atoms with Gasteiger partial charge in [0.1, 0.15) is 0 Å². The van der Waals surface area contributed by atoms with Crippen LogP contribution in [0.1, 0.15) is 32.6 Å². The molecule has 0 bridgehead atoms. The molecule has 0 aliphatic carbocycles. The van der Waals surface area contributed by atoms with E-state index in [0.29, 0.717) is 0 Å². The fourth-order valence-corrected chi connectivity index (χ4v) is 3.23. The molecule has 0 N–H and O–H groups in total. The lowest BCUT2D eigenvalue weighted by Gasteiger charge is -2.33. The van der Waals surface area contributed by atoms with E-state index in [9.17, 15) is 0 Å². The van der Waals surface area contributed by atoms with Crippen LogP contribution in [-0.4, -0.2) is 47.7 Å². The third kappa shape index (κ3) is 3.27. The minimum atomic E-state index is 1.08. The van der Waals surface area contributed by atoms with Crippen molar-refractivity contribution in [2.24, 2.45) is 0 Å². The highest BCUT2D eigenvalue weighted by Crippen LogP contribution is 2.24. The molecule has 2 heterocycles. The van der Waals surface area contributed by atoms with Crippen molar-refractivity contribution in [3.63, 3.8) is 0 Å². The number of hydrogen-bond donors (Lipinski definition) is 0. The summed E-state index contributed by atoms with van der Waals surface area (Å²) in [6.45, 7) is 7.76. The van der Waals surface area contributed by atoms with Crippen LogP contribution in [-0.2, 0) is 6.54 Å². The van der Waals surface area contributed by atoms with Crippen LogP contribution in [0.5, 0.6) is 0 Å². The van der Waals surface area contributed by atoms with E-state index in [-0.39, 0.29) is 0 Å². The molecule has 120 valence electrons. The van der Waals surface area contributed by atoms with Crippen molar-refractivity contribution in [1.82, 2.24) is 14.5 Å². The van der Waals surface area contributed by atoms with Gasteiger partial charge in [0.2, 0.25) is 5.95 Å². The highest BCUT2D eigenvalue weighted by molar-refractivity contribution is 5.78. The van der Waals surface area contributed by atoms with Gasteiger partial charge in [0.25, 0.3) is 0 Å². The summed E-state index contributed by atoms with van der Waals surface area (Å²) in [7, 11) is 2.20. The Morgan fingerprint density at radius 2 is 1.77 bits per heavy atom. The van der Waals surface area contributed by atoms with Crippen LogP contribution in [0, 0.1) is 0 Å². The number of rotatable bonds is 6. The molecule has 2 aromatic rings. The van der Waals surface area contributed by atoms with Crippen molar-refractivity contribution < 1.29 is 0 Å². The van der Waals surface area contributed by atoms with Gasteiger partial charge in [-0.25, -0.2) is 4.98 Å². The van der Waals surface area contributed by atoms with Crippen LogP contribution in [0.15, 0.2) is 24.3 Å². The van der Waals surface area contributed by atoms with Crippen molar-refractivity contribution in [1.29, 1.82) is 0 Å². The maximum absolute atomic E-state index is 4.93. The number of benzene rings is 1. The zero-order valence-corrected chi connectivity index (χ0v) is 14.0. The topological polar surface area (TPSA) is 24.3 Å². The van der Waals surface area contributed by atoms with Crippen LogP contribution < -0.4 is 4.90 Å². The third-order valence-corrected chi connectivity index (χ3v) is 4.66. The molecule has 1 aliphatic heterocycles. The van der Waals surface area contributed by atoms with Gasteiger partial charge < -0.3 is 14.4 Å². The molecule has 0 saturated carbocycles. The van der Waals surface area contributed by atoms with Crippen LogP contribution in [0.2, 0.25) is 0 Å². The van der Waals surface area contributed by atoms with E-state index in [1.165, 1.54) is 37.1 Å². The Bertz CT molecular complexity index is 596. The second kappa shape index (κ2) is 7.14. The summed E-state index contributed by atoms with van der Waals surface area (Å²) >= 11 is 0. The van der Waals surface area contributed by atoms with Gasteiger partial charge in [-0.15, -0.1) is 0 Å². The average molecular weight is 300 g/mol. The molecule has 1 fully saturated rings. The predicted molar refractivity (Wildman–Crippen MR) is 93.6 cm³/mol. The van der Waals surface area contributed by atoms with Crippen molar-refractivity contribution in [2.45, 2.75) is 39.2 Å². The number of piperazine rings is 1. The van der Waals surface area contributed by atoms with Gasteiger partial charge >= 0.3 is 0 Å². The smallest absolute Gasteiger partial charge is 0.206 e. The lowest BCUT2D eigenvalue weighted by atomic mass is 10.2. The highest BCUT2D eigenvalue weighted by Gasteiger charge is 2.20. The first-order valence-corrected chi connectivity index (χ1v) is 8.68. The van der Waals surface area contributed by atoms with Crippen LogP contribution in [0.4, 0.5) is 5.95 Å². The number of unbranched alkanes of at least 4 members (excludes halogenated alkanes) is 3. The zero-order valence-electron chi connectivity index (χ0n) is 14.0. The van der Waals surface area contributed by atoms with Crippen molar-refractivity contribution in [2.75, 3.05) is 38.1 Å². The maximum Gasteiger partial charge on any atom is 0.206 e. The van der Waals surface area contributed by atoms with Gasteiger partial charge in [-0.05, 0) is 25.6 Å². The van der Waals surface area contributed by atoms with Gasteiger partial charge in [0.15, 0.2) is 0 Å². The summed E-state index contributed by atoms with van der Waals surface area (Å²) in [4.78, 5) is 9.78. The normalized spacial score (nSPS) is 16.5. The number of fused-ring (bicyclic) bond motifs is 1. The molecule has 0 spiro atoms. The fourth-order valence-electron chi connectivity index (χ4n) is 3.23. The third-order valence-electron chi connectivity index (χ3n) is 4.66.